The number of aromatic nitrogens is 2. The summed E-state index contributed by atoms with van der Waals surface area (Å²) >= 11 is 4.45. The van der Waals surface area contributed by atoms with E-state index in [1.54, 1.807) is 10.9 Å². The summed E-state index contributed by atoms with van der Waals surface area (Å²) in [6.45, 7) is 0.568. The predicted octanol–water partition coefficient (Wildman–Crippen LogP) is 10.9. The second-order valence-corrected chi connectivity index (χ2v) is 20.6. The maximum atomic E-state index is 2.95. The van der Waals surface area contributed by atoms with E-state index < -0.39 is 0 Å². The van der Waals surface area contributed by atoms with E-state index in [0.29, 0.717) is 40.9 Å². The van der Waals surface area contributed by atoms with Gasteiger partial charge in [-0.1, -0.05) is 169 Å². The summed E-state index contributed by atoms with van der Waals surface area (Å²) in [5.41, 5.74) is 20.2. The normalized spacial score (nSPS) is 22.8. The topological polar surface area (TPSA) is 9.86 Å². The van der Waals surface area contributed by atoms with Gasteiger partial charge in [0.05, 0.1) is 11.0 Å². The molecule has 8 aromatic carbocycles. The van der Waals surface area contributed by atoms with Crippen LogP contribution in [0.1, 0.15) is 12.1 Å². The van der Waals surface area contributed by atoms with Gasteiger partial charge in [0.1, 0.15) is 0 Å². The molecule has 6 heteroatoms. The molecule has 10 aromatic rings. The second kappa shape index (κ2) is 11.1. The SMILES string of the molecule is c1ccc(-c2cccc(B(c3cccc(-c4ccccc4)c3)C3C4Sc5cccc6c7ccc8c9c7n(c56)C4[C@@H]4B9c5c-8ccc6c7cccc8c7n(c56)[C@@H]4C3S8)c2)cc1. The van der Waals surface area contributed by atoms with E-state index in [9.17, 15) is 0 Å². The van der Waals surface area contributed by atoms with Gasteiger partial charge in [-0.2, -0.15) is 0 Å². The molecular formula is C54H34B2N2S2. The third-order valence-electron chi connectivity index (χ3n) is 15.7. The van der Waals surface area contributed by atoms with Gasteiger partial charge < -0.3 is 9.13 Å². The van der Waals surface area contributed by atoms with Gasteiger partial charge in [0.15, 0.2) is 0 Å². The van der Waals surface area contributed by atoms with Crippen LogP contribution in [0.2, 0.25) is 11.6 Å². The number of hydrogen-bond acceptors (Lipinski definition) is 2. The van der Waals surface area contributed by atoms with Crippen LogP contribution in [0.3, 0.4) is 0 Å². The number of benzene rings is 8. The molecule has 0 radical (unpaired) electrons. The number of nitrogens with zero attached hydrogens (tertiary/aromatic N) is 2. The molecule has 6 atom stereocenters. The largest absolute Gasteiger partial charge is 0.336 e. The summed E-state index contributed by atoms with van der Waals surface area (Å²) < 4.78 is 5.89. The molecule has 16 rings (SSSR count). The fourth-order valence-electron chi connectivity index (χ4n) is 13.8. The number of fused-ring (bicyclic) bond motifs is 3. The minimum atomic E-state index is 0.163. The molecule has 5 aliphatic heterocycles. The molecule has 2 nitrogen and oxygen atoms in total. The molecule has 1 aliphatic carbocycles. The van der Waals surface area contributed by atoms with Gasteiger partial charge in [-0.3, -0.25) is 0 Å². The van der Waals surface area contributed by atoms with Gasteiger partial charge in [0.25, 0.3) is 0 Å². The van der Waals surface area contributed by atoms with Gasteiger partial charge >= 0.3 is 0 Å². The summed E-state index contributed by atoms with van der Waals surface area (Å²) in [6, 6.07) is 66.4. The van der Waals surface area contributed by atoms with Crippen LogP contribution in [0.4, 0.5) is 0 Å². The van der Waals surface area contributed by atoms with Crippen LogP contribution in [0, 0.1) is 0 Å². The molecule has 1 fully saturated rings. The van der Waals surface area contributed by atoms with Crippen LogP contribution in [-0.4, -0.2) is 33.1 Å². The van der Waals surface area contributed by atoms with E-state index in [1.165, 1.54) is 97.7 Å². The first-order valence-electron chi connectivity index (χ1n) is 21.6. The van der Waals surface area contributed by atoms with Crippen LogP contribution < -0.4 is 21.9 Å². The number of hydrogen-bond donors (Lipinski definition) is 0. The quantitative estimate of drug-likeness (QED) is 0.161. The molecule has 0 saturated heterocycles. The molecule has 60 heavy (non-hydrogen) atoms. The van der Waals surface area contributed by atoms with Crippen molar-refractivity contribution in [3.63, 3.8) is 0 Å². The highest BCUT2D eigenvalue weighted by Gasteiger charge is 2.66. The summed E-state index contributed by atoms with van der Waals surface area (Å²) in [7, 11) is 0. The van der Waals surface area contributed by atoms with Crippen molar-refractivity contribution in [3.8, 4) is 33.4 Å². The van der Waals surface area contributed by atoms with Crippen molar-refractivity contribution in [3.05, 3.63) is 170 Å². The smallest absolute Gasteiger partial charge is 0.223 e. The van der Waals surface area contributed by atoms with Crippen molar-refractivity contribution >= 4 is 102 Å². The zero-order valence-electron chi connectivity index (χ0n) is 32.5. The lowest BCUT2D eigenvalue weighted by molar-refractivity contribution is 0.287. The Morgan fingerprint density at radius 3 is 1.37 bits per heavy atom. The first kappa shape index (κ1) is 32.0. The predicted molar refractivity (Wildman–Crippen MR) is 257 cm³/mol. The van der Waals surface area contributed by atoms with E-state index in [4.69, 9.17) is 0 Å². The van der Waals surface area contributed by atoms with E-state index in [1.807, 2.05) is 0 Å². The highest BCUT2D eigenvalue weighted by molar-refractivity contribution is 8.01. The molecule has 7 heterocycles. The van der Waals surface area contributed by atoms with Gasteiger partial charge in [-0.15, -0.1) is 23.5 Å². The summed E-state index contributed by atoms with van der Waals surface area (Å²) in [4.78, 5) is 2.91. The summed E-state index contributed by atoms with van der Waals surface area (Å²) in [5, 5.41) is 6.48. The zero-order chi connectivity index (χ0) is 38.5. The first-order valence-corrected chi connectivity index (χ1v) is 23.4. The average Bonchev–Trinajstić information content (AvgIpc) is 3.96. The van der Waals surface area contributed by atoms with Crippen LogP contribution in [0.25, 0.3) is 77.0 Å². The molecule has 1 saturated carbocycles. The minimum Gasteiger partial charge on any atom is -0.336 e. The Labute approximate surface area is 356 Å². The Morgan fingerprint density at radius 2 is 0.867 bits per heavy atom. The Bertz CT molecular complexity index is 3340. The summed E-state index contributed by atoms with van der Waals surface area (Å²) in [5.74, 6) is 0.785. The molecule has 2 aromatic heterocycles. The molecular weight excluding hydrogens is 762 g/mol. The van der Waals surface area contributed by atoms with E-state index in [-0.39, 0.29) is 6.71 Å². The van der Waals surface area contributed by atoms with Crippen LogP contribution in [0.5, 0.6) is 0 Å². The number of para-hydroxylation sites is 2. The number of thioether (sulfide) groups is 2. The van der Waals surface area contributed by atoms with E-state index in [2.05, 4.69) is 203 Å². The van der Waals surface area contributed by atoms with Crippen molar-refractivity contribution in [2.45, 2.75) is 44.0 Å². The standard InChI is InChI=1S/C54H34B2N2S2/c1-3-11-29(12-4-1)31-15-7-17-33(27-31)55(34-18-8-16-32(28-34)30-13-5-2-6-14-30)46-53-51-45-52-54(46)60-42-22-10-20-38-40-26-24-36-35-23-25-39-37-19-9-21-41(59-53)47(37)57(51)49(39)43(35)56(45)44(36)50(40)58(52)48(38)42/h1-28,45-46,51-54H/t45-,46?,51+,52?,53?,54?/m1/s1. The fourth-order valence-corrected chi connectivity index (χ4v) is 17.3. The molecule has 0 spiro atoms. The molecule has 0 amide bonds. The zero-order valence-corrected chi connectivity index (χ0v) is 34.1. The van der Waals surface area contributed by atoms with Gasteiger partial charge in [0.2, 0.25) is 13.4 Å². The van der Waals surface area contributed by atoms with Crippen molar-refractivity contribution in [2.75, 3.05) is 0 Å². The van der Waals surface area contributed by atoms with Gasteiger partial charge in [-0.05, 0) is 68.1 Å². The van der Waals surface area contributed by atoms with Gasteiger partial charge in [0, 0.05) is 65.0 Å². The lowest BCUT2D eigenvalue weighted by Gasteiger charge is -2.60. The lowest BCUT2D eigenvalue weighted by atomic mass is 9.25. The Hall–Kier alpha value is -5.81. The van der Waals surface area contributed by atoms with Crippen molar-refractivity contribution < 1.29 is 0 Å². The highest BCUT2D eigenvalue weighted by Crippen LogP contribution is 2.69. The third kappa shape index (κ3) is 3.70. The molecule has 6 aliphatic rings. The van der Waals surface area contributed by atoms with Gasteiger partial charge in [-0.25, -0.2) is 0 Å². The van der Waals surface area contributed by atoms with Crippen molar-refractivity contribution in [2.24, 2.45) is 0 Å². The van der Waals surface area contributed by atoms with Crippen molar-refractivity contribution in [1.29, 1.82) is 0 Å². The summed E-state index contributed by atoms with van der Waals surface area (Å²) in [6.07, 6.45) is 0. The van der Waals surface area contributed by atoms with E-state index in [0.717, 1.165) is 0 Å². The monoisotopic (exact) mass is 796 g/mol. The number of rotatable bonds is 5. The molecule has 4 unspecified atom stereocenters. The second-order valence-electron chi connectivity index (χ2n) is 18.1. The minimum absolute atomic E-state index is 0.163. The van der Waals surface area contributed by atoms with Crippen LogP contribution in [-0.2, 0) is 0 Å². The Balaban J connectivity index is 1.03. The first-order chi connectivity index (χ1) is 29.8. The van der Waals surface area contributed by atoms with E-state index >= 15 is 0 Å². The molecule has 0 N–H and O–H groups in total. The van der Waals surface area contributed by atoms with Crippen molar-refractivity contribution in [1.82, 2.24) is 9.13 Å². The maximum Gasteiger partial charge on any atom is 0.223 e. The Morgan fingerprint density at radius 1 is 0.417 bits per heavy atom. The average molecular weight is 797 g/mol. The van der Waals surface area contributed by atoms with Crippen LogP contribution in [0.15, 0.2) is 180 Å². The molecule has 0 bridgehead atoms. The highest BCUT2D eigenvalue weighted by atomic mass is 32.2. The molecule has 278 valence electrons. The van der Waals surface area contributed by atoms with Crippen LogP contribution >= 0.6 is 23.5 Å². The fraction of sp³-hybridized carbons (Fsp3) is 0.111. The maximum absolute atomic E-state index is 2.95. The lowest BCUT2D eigenvalue weighted by Crippen LogP contribution is -2.66. The third-order valence-corrected chi connectivity index (χ3v) is 18.6. The Kier molecular flexibility index (Phi) is 5.93.